The molecule has 1 saturated heterocycles. The van der Waals surface area contributed by atoms with Crippen LogP contribution in [0.2, 0.25) is 0 Å². The molecule has 0 spiro atoms. The van der Waals surface area contributed by atoms with Gasteiger partial charge in [0.2, 0.25) is 15.9 Å². The first-order chi connectivity index (χ1) is 12.5. The molecule has 0 aromatic heterocycles. The van der Waals surface area contributed by atoms with Crippen molar-refractivity contribution in [2.24, 2.45) is 5.73 Å². The molecule has 2 aromatic rings. The third-order valence-corrected chi connectivity index (χ3v) is 6.49. The number of hydrogen-bond acceptors (Lipinski definition) is 4. The minimum atomic E-state index is -3.57. The van der Waals surface area contributed by atoms with E-state index >= 15 is 0 Å². The maximum atomic E-state index is 12.9. The molecule has 1 heterocycles. The third kappa shape index (κ3) is 4.30. The normalized spacial score (nSPS) is 16.9. The lowest BCUT2D eigenvalue weighted by Gasteiger charge is -2.22. The van der Waals surface area contributed by atoms with Gasteiger partial charge in [-0.25, -0.2) is 8.42 Å². The third-order valence-electron chi connectivity index (χ3n) is 4.57. The van der Waals surface area contributed by atoms with Crippen LogP contribution in [0.4, 0.5) is 0 Å². The van der Waals surface area contributed by atoms with Gasteiger partial charge in [-0.1, -0.05) is 30.3 Å². The Labute approximate surface area is 154 Å². The first-order valence-electron chi connectivity index (χ1n) is 8.63. The van der Waals surface area contributed by atoms with E-state index in [4.69, 9.17) is 5.73 Å². The fourth-order valence-electron chi connectivity index (χ4n) is 3.13. The molecule has 0 bridgehead atoms. The number of nitrogens with two attached hydrogens (primary N) is 1. The molecule has 1 amide bonds. The highest BCUT2D eigenvalue weighted by molar-refractivity contribution is 7.89. The Kier molecular flexibility index (Phi) is 5.70. The van der Waals surface area contributed by atoms with E-state index in [2.05, 4.69) is 17.0 Å². The minimum absolute atomic E-state index is 0.194. The summed E-state index contributed by atoms with van der Waals surface area (Å²) in [6.07, 6.45) is 0.783. The summed E-state index contributed by atoms with van der Waals surface area (Å²) in [6.45, 7) is 3.31. The van der Waals surface area contributed by atoms with Crippen LogP contribution in [0, 0.1) is 0 Å². The Morgan fingerprint density at radius 3 is 2.27 bits per heavy atom. The van der Waals surface area contributed by atoms with E-state index in [1.165, 1.54) is 34.1 Å². The summed E-state index contributed by atoms with van der Waals surface area (Å²) in [6, 6.07) is 16.0. The molecular formula is C19H23N3O3S. The van der Waals surface area contributed by atoms with Crippen LogP contribution in [0.1, 0.15) is 22.3 Å². The van der Waals surface area contributed by atoms with Gasteiger partial charge >= 0.3 is 0 Å². The number of sulfonamides is 1. The molecule has 6 nitrogen and oxygen atoms in total. The molecule has 26 heavy (non-hydrogen) atoms. The van der Waals surface area contributed by atoms with Crippen LogP contribution < -0.4 is 5.73 Å². The van der Waals surface area contributed by atoms with Crippen molar-refractivity contribution < 1.29 is 13.2 Å². The Morgan fingerprint density at radius 1 is 0.923 bits per heavy atom. The van der Waals surface area contributed by atoms with Crippen LogP contribution in [0.5, 0.6) is 0 Å². The van der Waals surface area contributed by atoms with E-state index < -0.39 is 15.9 Å². The summed E-state index contributed by atoms with van der Waals surface area (Å²) in [4.78, 5) is 13.6. The van der Waals surface area contributed by atoms with Crippen molar-refractivity contribution in [3.63, 3.8) is 0 Å². The predicted octanol–water partition coefficient (Wildman–Crippen LogP) is 1.68. The van der Waals surface area contributed by atoms with Crippen molar-refractivity contribution in [3.8, 4) is 0 Å². The first kappa shape index (κ1) is 18.6. The molecule has 3 rings (SSSR count). The van der Waals surface area contributed by atoms with E-state index in [1.54, 1.807) is 0 Å². The average Bonchev–Trinajstić information content (AvgIpc) is 2.89. The van der Waals surface area contributed by atoms with E-state index in [0.717, 1.165) is 19.5 Å². The highest BCUT2D eigenvalue weighted by Crippen LogP contribution is 2.19. The Morgan fingerprint density at radius 2 is 1.62 bits per heavy atom. The molecule has 0 atom stereocenters. The molecule has 1 fully saturated rings. The van der Waals surface area contributed by atoms with Crippen molar-refractivity contribution in [3.05, 3.63) is 65.7 Å². The molecule has 138 valence electrons. The zero-order valence-electron chi connectivity index (χ0n) is 14.5. The number of rotatable bonds is 5. The molecule has 2 aromatic carbocycles. The van der Waals surface area contributed by atoms with E-state index in [9.17, 15) is 13.2 Å². The number of benzene rings is 2. The number of carbonyl (C=O) groups is 1. The summed E-state index contributed by atoms with van der Waals surface area (Å²) in [5.74, 6) is -0.569. The zero-order chi connectivity index (χ0) is 18.6. The van der Waals surface area contributed by atoms with Gasteiger partial charge in [0, 0.05) is 31.7 Å². The fourth-order valence-corrected chi connectivity index (χ4v) is 4.60. The van der Waals surface area contributed by atoms with Crippen LogP contribution in [-0.4, -0.2) is 49.7 Å². The van der Waals surface area contributed by atoms with Gasteiger partial charge in [0.15, 0.2) is 0 Å². The second kappa shape index (κ2) is 7.99. The summed E-state index contributed by atoms with van der Waals surface area (Å²) >= 11 is 0. The van der Waals surface area contributed by atoms with Gasteiger partial charge in [0.25, 0.3) is 0 Å². The van der Waals surface area contributed by atoms with Gasteiger partial charge in [-0.05, 0) is 42.8 Å². The van der Waals surface area contributed by atoms with Gasteiger partial charge in [-0.15, -0.1) is 0 Å². The maximum absolute atomic E-state index is 12.9. The lowest BCUT2D eigenvalue weighted by Crippen LogP contribution is -2.35. The first-order valence-corrected chi connectivity index (χ1v) is 10.1. The Bertz CT molecular complexity index is 851. The molecule has 0 unspecified atom stereocenters. The van der Waals surface area contributed by atoms with Crippen LogP contribution in [0.3, 0.4) is 0 Å². The number of nitrogens with zero attached hydrogens (tertiary/aromatic N) is 2. The standard InChI is InChI=1S/C19H23N3O3S/c20-19(23)17-7-9-18(10-8-17)26(24,25)22-12-4-11-21(13-14-22)15-16-5-2-1-3-6-16/h1-3,5-10H,4,11-15H2,(H2,20,23). The molecule has 0 aliphatic carbocycles. The van der Waals surface area contributed by atoms with Gasteiger partial charge < -0.3 is 5.73 Å². The molecule has 2 N–H and O–H groups in total. The van der Waals surface area contributed by atoms with Crippen LogP contribution in [0.15, 0.2) is 59.5 Å². The minimum Gasteiger partial charge on any atom is -0.366 e. The molecule has 0 saturated carbocycles. The van der Waals surface area contributed by atoms with Crippen LogP contribution in [0.25, 0.3) is 0 Å². The monoisotopic (exact) mass is 373 g/mol. The second-order valence-corrected chi connectivity index (χ2v) is 8.35. The van der Waals surface area contributed by atoms with Crippen LogP contribution >= 0.6 is 0 Å². The van der Waals surface area contributed by atoms with Crippen molar-refractivity contribution in [2.75, 3.05) is 26.2 Å². The van der Waals surface area contributed by atoms with Crippen molar-refractivity contribution >= 4 is 15.9 Å². The Balaban J connectivity index is 1.68. The number of primary amides is 1. The highest BCUT2D eigenvalue weighted by atomic mass is 32.2. The molecular weight excluding hydrogens is 350 g/mol. The van der Waals surface area contributed by atoms with Crippen molar-refractivity contribution in [1.29, 1.82) is 0 Å². The summed E-state index contributed by atoms with van der Waals surface area (Å²) in [7, 11) is -3.57. The average molecular weight is 373 g/mol. The van der Waals surface area contributed by atoms with Gasteiger partial charge in [-0.3, -0.25) is 9.69 Å². The van der Waals surface area contributed by atoms with Crippen molar-refractivity contribution in [2.45, 2.75) is 17.9 Å². The molecule has 0 radical (unpaired) electrons. The lowest BCUT2D eigenvalue weighted by molar-refractivity contribution is 0.1000. The van der Waals surface area contributed by atoms with Gasteiger partial charge in [-0.2, -0.15) is 4.31 Å². The van der Waals surface area contributed by atoms with Crippen LogP contribution in [-0.2, 0) is 16.6 Å². The van der Waals surface area contributed by atoms with Gasteiger partial charge in [0.1, 0.15) is 0 Å². The zero-order valence-corrected chi connectivity index (χ0v) is 15.4. The number of amides is 1. The highest BCUT2D eigenvalue weighted by Gasteiger charge is 2.27. The molecule has 1 aliphatic heterocycles. The van der Waals surface area contributed by atoms with E-state index in [-0.39, 0.29) is 4.90 Å². The largest absolute Gasteiger partial charge is 0.366 e. The second-order valence-electron chi connectivity index (χ2n) is 6.41. The van der Waals surface area contributed by atoms with E-state index in [0.29, 0.717) is 25.2 Å². The van der Waals surface area contributed by atoms with Crippen molar-refractivity contribution in [1.82, 2.24) is 9.21 Å². The SMILES string of the molecule is NC(=O)c1ccc(S(=O)(=O)N2CCCN(Cc3ccccc3)CC2)cc1. The maximum Gasteiger partial charge on any atom is 0.248 e. The summed E-state index contributed by atoms with van der Waals surface area (Å²) in [5.41, 5.74) is 6.74. The summed E-state index contributed by atoms with van der Waals surface area (Å²) in [5, 5.41) is 0. The Hall–Kier alpha value is -2.22. The number of carbonyl (C=O) groups excluding carboxylic acids is 1. The summed E-state index contributed by atoms with van der Waals surface area (Å²) < 4.78 is 27.3. The predicted molar refractivity (Wildman–Crippen MR) is 100 cm³/mol. The lowest BCUT2D eigenvalue weighted by atomic mass is 10.2. The molecule has 1 aliphatic rings. The quantitative estimate of drug-likeness (QED) is 0.864. The smallest absolute Gasteiger partial charge is 0.248 e. The fraction of sp³-hybridized carbons (Fsp3) is 0.316. The van der Waals surface area contributed by atoms with Gasteiger partial charge in [0.05, 0.1) is 4.90 Å². The molecule has 7 heteroatoms. The topological polar surface area (TPSA) is 83.7 Å². The number of hydrogen-bond donors (Lipinski definition) is 1. The van der Waals surface area contributed by atoms with E-state index in [1.807, 2.05) is 18.2 Å².